The normalized spacial score (nSPS) is 19.1. The molecule has 0 aromatic rings. The first kappa shape index (κ1) is 15.3. The minimum atomic E-state index is -1.12. The van der Waals surface area contributed by atoms with E-state index in [2.05, 4.69) is 5.32 Å². The molecule has 1 aliphatic rings. The fourth-order valence-electron chi connectivity index (χ4n) is 1.86. The number of carboxylic acid groups (broad SMARTS) is 1. The van der Waals surface area contributed by atoms with Crippen LogP contribution in [-0.2, 0) is 14.3 Å². The number of likely N-dealkylation sites (tertiary alicyclic amines) is 1. The van der Waals surface area contributed by atoms with E-state index >= 15 is 0 Å². The molecule has 0 spiro atoms. The average Bonchev–Trinajstić information content (AvgIpc) is 2.72. The predicted octanol–water partition coefficient (Wildman–Crippen LogP) is 0.587. The van der Waals surface area contributed by atoms with Crippen molar-refractivity contribution >= 4 is 18.0 Å². The maximum absolute atomic E-state index is 11.9. The minimum Gasteiger partial charge on any atom is -0.480 e. The summed E-state index contributed by atoms with van der Waals surface area (Å²) in [5, 5.41) is 10.8. The van der Waals surface area contributed by atoms with Gasteiger partial charge < -0.3 is 15.2 Å². The van der Waals surface area contributed by atoms with Gasteiger partial charge in [-0.2, -0.15) is 0 Å². The van der Waals surface area contributed by atoms with E-state index in [0.29, 0.717) is 19.4 Å². The van der Waals surface area contributed by atoms with E-state index in [9.17, 15) is 14.4 Å². The van der Waals surface area contributed by atoms with Gasteiger partial charge in [0.2, 0.25) is 5.91 Å². The molecule has 1 atom stereocenters. The zero-order valence-electron chi connectivity index (χ0n) is 11.4. The average molecular weight is 272 g/mol. The molecule has 7 nitrogen and oxygen atoms in total. The standard InChI is InChI=1S/C12H20N2O5/c1-12(2,3)19-11(18)14-6-4-5-8(14)10(17)13-7-9(15)16/h8H,4-7H2,1-3H3,(H,13,17)(H,15,16)/t8-/m1/s1. The van der Waals surface area contributed by atoms with Gasteiger partial charge in [0.1, 0.15) is 18.2 Å². The van der Waals surface area contributed by atoms with Crippen LogP contribution in [0, 0.1) is 0 Å². The number of nitrogens with zero attached hydrogens (tertiary/aromatic N) is 1. The quantitative estimate of drug-likeness (QED) is 0.783. The molecule has 1 heterocycles. The lowest BCUT2D eigenvalue weighted by atomic mass is 10.2. The number of nitrogens with one attached hydrogen (secondary N) is 1. The third kappa shape index (κ3) is 4.76. The molecule has 0 unspecified atom stereocenters. The van der Waals surface area contributed by atoms with Crippen molar-refractivity contribution in [1.29, 1.82) is 0 Å². The van der Waals surface area contributed by atoms with Gasteiger partial charge in [0, 0.05) is 6.54 Å². The summed E-state index contributed by atoms with van der Waals surface area (Å²) in [6.45, 7) is 5.25. The molecule has 1 saturated heterocycles. The number of carbonyl (C=O) groups excluding carboxylic acids is 2. The van der Waals surface area contributed by atoms with Crippen molar-refractivity contribution in [2.24, 2.45) is 0 Å². The summed E-state index contributed by atoms with van der Waals surface area (Å²) >= 11 is 0. The van der Waals surface area contributed by atoms with Gasteiger partial charge in [0.05, 0.1) is 0 Å². The molecule has 1 fully saturated rings. The molecular weight excluding hydrogens is 252 g/mol. The third-order valence-electron chi connectivity index (χ3n) is 2.60. The second-order valence-electron chi connectivity index (χ2n) is 5.44. The number of rotatable bonds is 3. The summed E-state index contributed by atoms with van der Waals surface area (Å²) in [6.07, 6.45) is 0.676. The fraction of sp³-hybridized carbons (Fsp3) is 0.750. The number of ether oxygens (including phenoxy) is 1. The number of carbonyl (C=O) groups is 3. The molecule has 0 saturated carbocycles. The summed E-state index contributed by atoms with van der Waals surface area (Å²) in [4.78, 5) is 35.5. The highest BCUT2D eigenvalue weighted by atomic mass is 16.6. The monoisotopic (exact) mass is 272 g/mol. The molecule has 1 aliphatic heterocycles. The molecular formula is C12H20N2O5. The number of carboxylic acids is 1. The minimum absolute atomic E-state index is 0.445. The zero-order valence-corrected chi connectivity index (χ0v) is 11.4. The number of hydrogen-bond donors (Lipinski definition) is 2. The maximum Gasteiger partial charge on any atom is 0.410 e. The van der Waals surface area contributed by atoms with Crippen molar-refractivity contribution in [1.82, 2.24) is 10.2 Å². The highest BCUT2D eigenvalue weighted by Gasteiger charge is 2.36. The Hall–Kier alpha value is -1.79. The lowest BCUT2D eigenvalue weighted by molar-refractivity contribution is -0.138. The van der Waals surface area contributed by atoms with Crippen LogP contribution >= 0.6 is 0 Å². The van der Waals surface area contributed by atoms with Gasteiger partial charge in [-0.1, -0.05) is 0 Å². The van der Waals surface area contributed by atoms with Crippen LogP contribution < -0.4 is 5.32 Å². The van der Waals surface area contributed by atoms with Gasteiger partial charge in [-0.3, -0.25) is 14.5 Å². The molecule has 1 rings (SSSR count). The SMILES string of the molecule is CC(C)(C)OC(=O)N1CCC[C@@H]1C(=O)NCC(=O)O. The second-order valence-corrected chi connectivity index (χ2v) is 5.44. The maximum atomic E-state index is 11.9. The van der Waals surface area contributed by atoms with Crippen LogP contribution in [-0.4, -0.2) is 52.7 Å². The highest BCUT2D eigenvalue weighted by molar-refractivity contribution is 5.88. The van der Waals surface area contributed by atoms with Gasteiger partial charge >= 0.3 is 12.1 Å². The fourth-order valence-corrected chi connectivity index (χ4v) is 1.86. The van der Waals surface area contributed by atoms with E-state index in [0.717, 1.165) is 0 Å². The van der Waals surface area contributed by atoms with Crippen LogP contribution in [0.15, 0.2) is 0 Å². The summed E-state index contributed by atoms with van der Waals surface area (Å²) in [7, 11) is 0. The van der Waals surface area contributed by atoms with E-state index in [1.165, 1.54) is 4.90 Å². The number of amides is 2. The summed E-state index contributed by atoms with van der Waals surface area (Å²) in [6, 6.07) is -0.644. The first-order valence-corrected chi connectivity index (χ1v) is 6.20. The van der Waals surface area contributed by atoms with E-state index in [-0.39, 0.29) is 0 Å². The number of hydrogen-bond acceptors (Lipinski definition) is 4. The van der Waals surface area contributed by atoms with E-state index < -0.39 is 36.2 Å². The van der Waals surface area contributed by atoms with E-state index in [4.69, 9.17) is 9.84 Å². The first-order valence-electron chi connectivity index (χ1n) is 6.20. The Balaban J connectivity index is 2.60. The van der Waals surface area contributed by atoms with Crippen LogP contribution in [0.4, 0.5) is 4.79 Å². The molecule has 0 aromatic heterocycles. The van der Waals surface area contributed by atoms with E-state index in [1.807, 2.05) is 0 Å². The molecule has 0 aromatic carbocycles. The highest BCUT2D eigenvalue weighted by Crippen LogP contribution is 2.20. The number of aliphatic carboxylic acids is 1. The second kappa shape index (κ2) is 5.90. The Bertz CT molecular complexity index is 375. The molecule has 108 valence electrons. The molecule has 19 heavy (non-hydrogen) atoms. The Morgan fingerprint density at radius 2 is 2.00 bits per heavy atom. The molecule has 0 aliphatic carbocycles. The lowest BCUT2D eigenvalue weighted by Gasteiger charge is -2.27. The topological polar surface area (TPSA) is 95.9 Å². The Kier molecular flexibility index (Phi) is 4.74. The van der Waals surface area contributed by atoms with Crippen LogP contribution in [0.25, 0.3) is 0 Å². The zero-order chi connectivity index (χ0) is 14.6. The molecule has 0 bridgehead atoms. The smallest absolute Gasteiger partial charge is 0.410 e. The van der Waals surface area contributed by atoms with Gasteiger partial charge in [0.15, 0.2) is 0 Å². The molecule has 7 heteroatoms. The van der Waals surface area contributed by atoms with Gasteiger partial charge in [-0.25, -0.2) is 4.79 Å². The molecule has 2 amide bonds. The van der Waals surface area contributed by atoms with Crippen LogP contribution in [0.1, 0.15) is 33.6 Å². The Labute approximate surface area is 111 Å². The first-order chi connectivity index (χ1) is 8.70. The van der Waals surface area contributed by atoms with Crippen LogP contribution in [0.2, 0.25) is 0 Å². The Morgan fingerprint density at radius 1 is 1.37 bits per heavy atom. The van der Waals surface area contributed by atoms with Gasteiger partial charge in [-0.15, -0.1) is 0 Å². The summed E-state index contributed by atoms with van der Waals surface area (Å²) in [5.41, 5.74) is -0.623. The lowest BCUT2D eigenvalue weighted by Crippen LogP contribution is -2.48. The van der Waals surface area contributed by atoms with Crippen molar-refractivity contribution in [3.63, 3.8) is 0 Å². The summed E-state index contributed by atoms with van der Waals surface area (Å²) in [5.74, 6) is -1.57. The predicted molar refractivity (Wildman–Crippen MR) is 66.6 cm³/mol. The molecule has 2 N–H and O–H groups in total. The van der Waals surface area contributed by atoms with Gasteiger partial charge in [0.25, 0.3) is 0 Å². The third-order valence-corrected chi connectivity index (χ3v) is 2.60. The van der Waals surface area contributed by atoms with Crippen molar-refractivity contribution in [2.45, 2.75) is 45.3 Å². The Morgan fingerprint density at radius 3 is 2.53 bits per heavy atom. The van der Waals surface area contributed by atoms with Crippen LogP contribution in [0.3, 0.4) is 0 Å². The van der Waals surface area contributed by atoms with Crippen molar-refractivity contribution in [3.05, 3.63) is 0 Å². The largest absolute Gasteiger partial charge is 0.480 e. The van der Waals surface area contributed by atoms with E-state index in [1.54, 1.807) is 20.8 Å². The van der Waals surface area contributed by atoms with Gasteiger partial charge in [-0.05, 0) is 33.6 Å². The molecule has 0 radical (unpaired) electrons. The summed E-state index contributed by atoms with van der Waals surface area (Å²) < 4.78 is 5.22. The van der Waals surface area contributed by atoms with Crippen molar-refractivity contribution < 1.29 is 24.2 Å². The van der Waals surface area contributed by atoms with Crippen LogP contribution in [0.5, 0.6) is 0 Å². The van der Waals surface area contributed by atoms with Crippen molar-refractivity contribution in [3.8, 4) is 0 Å². The van der Waals surface area contributed by atoms with Crippen molar-refractivity contribution in [2.75, 3.05) is 13.1 Å².